The molecule has 0 aliphatic rings. The molecule has 0 unspecified atom stereocenters. The predicted octanol–water partition coefficient (Wildman–Crippen LogP) is 3.48. The molecule has 5 heteroatoms. The van der Waals surface area contributed by atoms with E-state index in [-0.39, 0.29) is 0 Å². The van der Waals surface area contributed by atoms with Crippen LogP contribution in [0.5, 0.6) is 5.75 Å². The van der Waals surface area contributed by atoms with E-state index < -0.39 is 0 Å². The molecule has 0 radical (unpaired) electrons. The van der Waals surface area contributed by atoms with Crippen LogP contribution in [0.1, 0.15) is 11.4 Å². The minimum absolute atomic E-state index is 0.325. The number of nitrogens with zero attached hydrogens (tertiary/aromatic N) is 3. The third-order valence-electron chi connectivity index (χ3n) is 3.22. The van der Waals surface area contributed by atoms with Crippen molar-refractivity contribution in [3.05, 3.63) is 48.0 Å². The average molecular weight is 288 g/mol. The van der Waals surface area contributed by atoms with E-state index in [2.05, 4.69) is 16.0 Å². The van der Waals surface area contributed by atoms with Gasteiger partial charge in [-0.25, -0.2) is 4.98 Å². The lowest BCUT2D eigenvalue weighted by atomic mass is 10.2. The van der Waals surface area contributed by atoms with Gasteiger partial charge in [0.25, 0.3) is 0 Å². The number of benzene rings is 1. The van der Waals surface area contributed by atoms with Crippen LogP contribution in [-0.2, 0) is 5.88 Å². The molecular weight excluding hydrogens is 274 g/mol. The summed E-state index contributed by atoms with van der Waals surface area (Å²) in [6.07, 6.45) is 3.49. The van der Waals surface area contributed by atoms with Crippen LogP contribution >= 0.6 is 11.6 Å². The molecule has 0 atom stereocenters. The zero-order valence-corrected chi connectivity index (χ0v) is 12.1. The zero-order chi connectivity index (χ0) is 14.1. The summed E-state index contributed by atoms with van der Waals surface area (Å²) in [6.45, 7) is 2.05. The second-order valence-electron chi connectivity index (χ2n) is 4.54. The van der Waals surface area contributed by atoms with Gasteiger partial charge < -0.3 is 4.74 Å². The summed E-state index contributed by atoms with van der Waals surface area (Å²) in [5.74, 6) is 1.89. The Kier molecular flexibility index (Phi) is 3.32. The highest BCUT2D eigenvalue weighted by Gasteiger charge is 2.15. The second kappa shape index (κ2) is 5.13. The summed E-state index contributed by atoms with van der Waals surface area (Å²) in [5.41, 5.74) is 3.89. The van der Waals surface area contributed by atoms with Crippen LogP contribution in [0.25, 0.3) is 16.7 Å². The molecule has 0 fully saturated rings. The number of pyridine rings is 1. The molecule has 2 aromatic heterocycles. The van der Waals surface area contributed by atoms with Crippen LogP contribution < -0.4 is 4.74 Å². The van der Waals surface area contributed by atoms with E-state index in [1.165, 1.54) is 0 Å². The summed E-state index contributed by atoms with van der Waals surface area (Å²) >= 11 is 6.04. The summed E-state index contributed by atoms with van der Waals surface area (Å²) in [7, 11) is 1.66. The van der Waals surface area contributed by atoms with Gasteiger partial charge in [-0.05, 0) is 30.7 Å². The van der Waals surface area contributed by atoms with Crippen molar-refractivity contribution in [1.82, 2.24) is 14.5 Å². The van der Waals surface area contributed by atoms with Gasteiger partial charge in [0.1, 0.15) is 17.1 Å². The Morgan fingerprint density at radius 3 is 2.90 bits per heavy atom. The Labute approximate surface area is 122 Å². The van der Waals surface area contributed by atoms with Gasteiger partial charge in [-0.2, -0.15) is 0 Å². The maximum Gasteiger partial charge on any atom is 0.142 e. The topological polar surface area (TPSA) is 39.9 Å². The Morgan fingerprint density at radius 1 is 1.30 bits per heavy atom. The number of ether oxygens (including phenoxy) is 1. The Bertz CT molecular complexity index is 767. The standard InChI is InChI=1S/C15H14ClN3O/c1-10-3-4-14(20-2)13(7-10)19-12-5-6-17-9-11(12)18-15(19)8-16/h3-7,9H,8H2,1-2H3. The number of rotatable bonds is 3. The zero-order valence-electron chi connectivity index (χ0n) is 11.3. The third-order valence-corrected chi connectivity index (χ3v) is 3.46. The van der Waals surface area contributed by atoms with Gasteiger partial charge in [0.2, 0.25) is 0 Å². The molecular formula is C15H14ClN3O. The molecule has 0 amide bonds. The van der Waals surface area contributed by atoms with Crippen LogP contribution in [0.2, 0.25) is 0 Å². The van der Waals surface area contributed by atoms with Crippen LogP contribution in [-0.4, -0.2) is 21.6 Å². The van der Waals surface area contributed by atoms with Crippen molar-refractivity contribution in [2.75, 3.05) is 7.11 Å². The molecule has 3 rings (SSSR count). The first-order chi connectivity index (χ1) is 9.74. The normalized spacial score (nSPS) is 10.9. The molecule has 0 aliphatic heterocycles. The van der Waals surface area contributed by atoms with Gasteiger partial charge in [-0.15, -0.1) is 11.6 Å². The van der Waals surface area contributed by atoms with Crippen molar-refractivity contribution in [1.29, 1.82) is 0 Å². The first kappa shape index (κ1) is 12.9. The number of hydrogen-bond donors (Lipinski definition) is 0. The molecule has 0 aliphatic carbocycles. The smallest absolute Gasteiger partial charge is 0.142 e. The van der Waals surface area contributed by atoms with E-state index in [9.17, 15) is 0 Å². The minimum atomic E-state index is 0.325. The molecule has 4 nitrogen and oxygen atoms in total. The quantitative estimate of drug-likeness (QED) is 0.693. The predicted molar refractivity (Wildman–Crippen MR) is 79.7 cm³/mol. The molecule has 0 saturated heterocycles. The van der Waals surface area contributed by atoms with E-state index in [4.69, 9.17) is 16.3 Å². The molecule has 1 aromatic carbocycles. The monoisotopic (exact) mass is 287 g/mol. The SMILES string of the molecule is COc1ccc(C)cc1-n1c(CCl)nc2cnccc21. The fraction of sp³-hybridized carbons (Fsp3) is 0.200. The molecule has 102 valence electrons. The van der Waals surface area contributed by atoms with Gasteiger partial charge in [0.15, 0.2) is 0 Å². The highest BCUT2D eigenvalue weighted by Crippen LogP contribution is 2.29. The maximum atomic E-state index is 6.04. The molecule has 3 aromatic rings. The van der Waals surface area contributed by atoms with Gasteiger partial charge in [0.05, 0.1) is 30.4 Å². The van der Waals surface area contributed by atoms with E-state index >= 15 is 0 Å². The Morgan fingerprint density at radius 2 is 2.15 bits per heavy atom. The number of fused-ring (bicyclic) bond motifs is 1. The largest absolute Gasteiger partial charge is 0.495 e. The molecule has 20 heavy (non-hydrogen) atoms. The molecule has 2 heterocycles. The van der Waals surface area contributed by atoms with E-state index in [1.54, 1.807) is 19.5 Å². The average Bonchev–Trinajstić information content (AvgIpc) is 2.85. The number of hydrogen-bond acceptors (Lipinski definition) is 3. The summed E-state index contributed by atoms with van der Waals surface area (Å²) in [5, 5.41) is 0. The van der Waals surface area contributed by atoms with E-state index in [0.29, 0.717) is 5.88 Å². The number of aromatic nitrogens is 3. The summed E-state index contributed by atoms with van der Waals surface area (Å²) in [4.78, 5) is 8.63. The van der Waals surface area contributed by atoms with Crippen LogP contribution in [0.3, 0.4) is 0 Å². The molecule has 0 saturated carbocycles. The van der Waals surface area contributed by atoms with Gasteiger partial charge in [-0.3, -0.25) is 9.55 Å². The first-order valence-corrected chi connectivity index (χ1v) is 6.80. The van der Waals surface area contributed by atoms with Crippen molar-refractivity contribution in [3.8, 4) is 11.4 Å². The summed E-state index contributed by atoms with van der Waals surface area (Å²) in [6, 6.07) is 7.97. The maximum absolute atomic E-state index is 6.04. The lowest BCUT2D eigenvalue weighted by molar-refractivity contribution is 0.413. The van der Waals surface area contributed by atoms with Crippen LogP contribution in [0.15, 0.2) is 36.7 Å². The van der Waals surface area contributed by atoms with Crippen molar-refractivity contribution < 1.29 is 4.74 Å². The number of alkyl halides is 1. The number of imidazole rings is 1. The lowest BCUT2D eigenvalue weighted by Crippen LogP contribution is -2.02. The Hall–Kier alpha value is -2.07. The van der Waals surface area contributed by atoms with Gasteiger partial charge in [0, 0.05) is 6.20 Å². The molecule has 0 bridgehead atoms. The minimum Gasteiger partial charge on any atom is -0.495 e. The molecule has 0 spiro atoms. The fourth-order valence-corrected chi connectivity index (χ4v) is 2.49. The van der Waals surface area contributed by atoms with Crippen molar-refractivity contribution in [2.24, 2.45) is 0 Å². The van der Waals surface area contributed by atoms with Gasteiger partial charge in [-0.1, -0.05) is 6.07 Å². The fourth-order valence-electron chi connectivity index (χ4n) is 2.32. The Balaban J connectivity index is 2.36. The third kappa shape index (κ3) is 2.02. The number of aryl methyl sites for hydroxylation is 1. The highest BCUT2D eigenvalue weighted by atomic mass is 35.5. The highest BCUT2D eigenvalue weighted by molar-refractivity contribution is 6.17. The van der Waals surface area contributed by atoms with Gasteiger partial charge >= 0.3 is 0 Å². The molecule has 0 N–H and O–H groups in total. The lowest BCUT2D eigenvalue weighted by Gasteiger charge is -2.13. The number of methoxy groups -OCH3 is 1. The van der Waals surface area contributed by atoms with Crippen molar-refractivity contribution >= 4 is 22.6 Å². The number of halogens is 1. The van der Waals surface area contributed by atoms with Crippen molar-refractivity contribution in [3.63, 3.8) is 0 Å². The summed E-state index contributed by atoms with van der Waals surface area (Å²) < 4.78 is 7.49. The van der Waals surface area contributed by atoms with Crippen molar-refractivity contribution in [2.45, 2.75) is 12.8 Å². The first-order valence-electron chi connectivity index (χ1n) is 6.27. The second-order valence-corrected chi connectivity index (χ2v) is 4.80. The van der Waals surface area contributed by atoms with Crippen LogP contribution in [0, 0.1) is 6.92 Å². The van der Waals surface area contributed by atoms with Crippen LogP contribution in [0.4, 0.5) is 0 Å². The van der Waals surface area contributed by atoms with E-state index in [1.807, 2.05) is 29.7 Å². The van der Waals surface area contributed by atoms with E-state index in [0.717, 1.165) is 33.9 Å².